The van der Waals surface area contributed by atoms with Crippen molar-refractivity contribution < 1.29 is 17.7 Å². The van der Waals surface area contributed by atoms with Crippen LogP contribution in [0.2, 0.25) is 72.5 Å². The molecule has 0 atom stereocenters. The first-order valence-corrected chi connectivity index (χ1v) is 50.9. The van der Waals surface area contributed by atoms with Crippen molar-refractivity contribution in [1.29, 1.82) is 0 Å². The van der Waals surface area contributed by atoms with Crippen LogP contribution < -0.4 is 17.7 Å². The maximum Gasteiger partial charge on any atom is 0.250 e. The predicted octanol–water partition coefficient (Wildman–Crippen LogP) is 30.3. The summed E-state index contributed by atoms with van der Waals surface area (Å²) < 4.78 is 28.2. The molecule has 0 saturated carbocycles. The number of benzene rings is 8. The lowest BCUT2D eigenvalue weighted by atomic mass is 9.86. The summed E-state index contributed by atoms with van der Waals surface area (Å²) in [6.07, 6.45) is 35.9. The molecule has 0 amide bonds. The summed E-state index contributed by atoms with van der Waals surface area (Å²) in [5.41, 5.74) is 5.88. The fourth-order valence-electron chi connectivity index (χ4n) is 13.4. The van der Waals surface area contributed by atoms with E-state index in [1.807, 2.05) is 0 Å². The van der Waals surface area contributed by atoms with Gasteiger partial charge in [-0.3, -0.25) is 0 Å². The van der Waals surface area contributed by atoms with Crippen LogP contribution in [0.5, 0.6) is 23.0 Å². The Hall–Kier alpha value is -4.09. The van der Waals surface area contributed by atoms with Crippen molar-refractivity contribution in [3.05, 3.63) is 95.1 Å². The predicted molar refractivity (Wildman–Crippen MR) is 440 cm³/mol. The monoisotopic (exact) mass is 1370 g/mol. The average Bonchev–Trinajstić information content (AvgIpc) is 0.728. The number of aryl methyl sites for hydroxylation is 4. The van der Waals surface area contributed by atoms with E-state index >= 15 is 0 Å². The molecule has 0 aliphatic carbocycles. The van der Waals surface area contributed by atoms with Crippen molar-refractivity contribution in [2.24, 2.45) is 0 Å². The van der Waals surface area contributed by atoms with Crippen molar-refractivity contribution >= 4 is 97.9 Å². The molecule has 0 spiro atoms. The third-order valence-corrected chi connectivity index (χ3v) is 41.1. The Bertz CT molecular complexity index is 3240. The van der Waals surface area contributed by atoms with E-state index in [4.69, 9.17) is 17.7 Å². The molecule has 0 heterocycles. The van der Waals surface area contributed by atoms with E-state index in [9.17, 15) is 0 Å². The Kier molecular flexibility index (Phi) is 27.7. The Labute approximate surface area is 592 Å². The van der Waals surface area contributed by atoms with E-state index in [0.29, 0.717) is 0 Å². The standard InChI is InChI=1S/2C44H70O2Si2/c2*1-13-15-17-19-21-23-25-33-27-35-29-38(46-48(11,12)44(6,7)8)32-40-34(26-24-22-20-18-16-14-2)28-36-30-37(31-39(33)41(36)42(35)40)45-47(9,10)43(3,4)5/h2*27-32H,13-26H2,1-12H3. The first kappa shape index (κ1) is 79.2. The lowest BCUT2D eigenvalue weighted by Crippen LogP contribution is -2.43. The first-order chi connectivity index (χ1) is 45.0. The van der Waals surface area contributed by atoms with Crippen molar-refractivity contribution in [2.45, 2.75) is 363 Å². The summed E-state index contributed by atoms with van der Waals surface area (Å²) in [5, 5.41) is 17.3. The van der Waals surface area contributed by atoms with Gasteiger partial charge in [0.15, 0.2) is 0 Å². The summed E-state index contributed by atoms with van der Waals surface area (Å²) in [6.45, 7) is 56.3. The van der Waals surface area contributed by atoms with Gasteiger partial charge in [-0.05, 0) is 259 Å². The lowest BCUT2D eigenvalue weighted by molar-refractivity contribution is 0.493. The highest BCUT2D eigenvalue weighted by atomic mass is 28.4. The van der Waals surface area contributed by atoms with E-state index in [1.54, 1.807) is 0 Å². The van der Waals surface area contributed by atoms with E-state index in [0.717, 1.165) is 48.7 Å². The summed E-state index contributed by atoms with van der Waals surface area (Å²) >= 11 is 0. The van der Waals surface area contributed by atoms with Gasteiger partial charge in [0.05, 0.1) is 0 Å². The van der Waals surface area contributed by atoms with Crippen molar-refractivity contribution in [1.82, 2.24) is 0 Å². The molecule has 0 bridgehead atoms. The van der Waals surface area contributed by atoms with E-state index in [2.05, 4.69) is 236 Å². The zero-order valence-corrected chi connectivity index (χ0v) is 70.4. The van der Waals surface area contributed by atoms with Gasteiger partial charge in [0.2, 0.25) is 33.3 Å². The minimum atomic E-state index is -2.00. The average molecular weight is 1370 g/mol. The minimum absolute atomic E-state index is 0.149. The molecule has 0 aromatic heterocycles. The van der Waals surface area contributed by atoms with Crippen LogP contribution in [0.15, 0.2) is 72.8 Å². The number of hydrogen-bond donors (Lipinski definition) is 0. The van der Waals surface area contributed by atoms with Gasteiger partial charge < -0.3 is 17.7 Å². The van der Waals surface area contributed by atoms with Crippen LogP contribution in [0, 0.1) is 0 Å². The zero-order valence-electron chi connectivity index (χ0n) is 66.4. The molecule has 0 unspecified atom stereocenters. The number of rotatable bonds is 36. The normalized spacial score (nSPS) is 13.3. The Morgan fingerprint density at radius 2 is 0.396 bits per heavy atom. The molecule has 8 rings (SSSR count). The van der Waals surface area contributed by atoms with E-state index < -0.39 is 33.3 Å². The molecule has 0 aliphatic heterocycles. The van der Waals surface area contributed by atoms with Gasteiger partial charge in [-0.25, -0.2) is 0 Å². The van der Waals surface area contributed by atoms with Gasteiger partial charge >= 0.3 is 0 Å². The summed E-state index contributed by atoms with van der Waals surface area (Å²) in [4.78, 5) is 0. The fourth-order valence-corrected chi connectivity index (χ4v) is 17.5. The third kappa shape index (κ3) is 20.1. The van der Waals surface area contributed by atoms with Gasteiger partial charge in [-0.2, -0.15) is 0 Å². The molecule has 96 heavy (non-hydrogen) atoms. The van der Waals surface area contributed by atoms with Crippen molar-refractivity contribution in [2.75, 3.05) is 0 Å². The van der Waals surface area contributed by atoms with Crippen LogP contribution in [0.3, 0.4) is 0 Å². The summed E-state index contributed by atoms with van der Waals surface area (Å²) in [5.74, 6) is 4.24. The highest BCUT2D eigenvalue weighted by Crippen LogP contribution is 2.49. The maximum atomic E-state index is 7.05. The van der Waals surface area contributed by atoms with Gasteiger partial charge in [0, 0.05) is 0 Å². The van der Waals surface area contributed by atoms with Gasteiger partial charge in [0.1, 0.15) is 23.0 Å². The summed E-state index contributed by atoms with van der Waals surface area (Å²) in [6, 6.07) is 29.2. The Balaban J connectivity index is 0.000000271. The number of unbranched alkanes of at least 4 members (excludes halogenated alkanes) is 20. The van der Waals surface area contributed by atoms with Gasteiger partial charge in [-0.15, -0.1) is 0 Å². The molecule has 8 heteroatoms. The van der Waals surface area contributed by atoms with Crippen LogP contribution in [-0.2, 0) is 25.7 Å². The molecule has 0 saturated heterocycles. The van der Waals surface area contributed by atoms with Crippen LogP contribution in [0.25, 0.3) is 64.6 Å². The molecule has 0 fully saturated rings. The van der Waals surface area contributed by atoms with E-state index in [1.165, 1.54) is 241 Å². The largest absolute Gasteiger partial charge is 0.543 e. The van der Waals surface area contributed by atoms with Gasteiger partial charge in [-0.1, -0.05) is 263 Å². The first-order valence-electron chi connectivity index (χ1n) is 39.3. The molecule has 8 aromatic carbocycles. The van der Waals surface area contributed by atoms with Crippen LogP contribution in [0.1, 0.15) is 287 Å². The second-order valence-electron chi connectivity index (χ2n) is 35.9. The van der Waals surface area contributed by atoms with E-state index in [-0.39, 0.29) is 20.2 Å². The van der Waals surface area contributed by atoms with Crippen LogP contribution in [-0.4, -0.2) is 33.3 Å². The highest BCUT2D eigenvalue weighted by molar-refractivity contribution is 6.76. The molecule has 532 valence electrons. The molecular weight excluding hydrogens is 1230 g/mol. The lowest BCUT2D eigenvalue weighted by Gasteiger charge is -2.37. The second kappa shape index (κ2) is 33.6. The molecule has 0 radical (unpaired) electrons. The molecule has 0 aliphatic rings. The highest BCUT2D eigenvalue weighted by Gasteiger charge is 2.42. The van der Waals surface area contributed by atoms with Crippen molar-refractivity contribution in [3.63, 3.8) is 0 Å². The topological polar surface area (TPSA) is 36.9 Å². The second-order valence-corrected chi connectivity index (χ2v) is 54.8. The zero-order chi connectivity index (χ0) is 70.7. The molecule has 4 nitrogen and oxygen atoms in total. The third-order valence-electron chi connectivity index (χ3n) is 23.7. The summed E-state index contributed by atoms with van der Waals surface area (Å²) in [7, 11) is -8.01. The Morgan fingerprint density at radius 3 is 0.562 bits per heavy atom. The van der Waals surface area contributed by atoms with Crippen molar-refractivity contribution in [3.8, 4) is 23.0 Å². The SMILES string of the molecule is CCCCCCCCc1cc2cc(O[Si](C)(C)C(C)(C)C)cc3c(CCCCCCCC)cc4cc(O[Si](C)(C)C(C)(C)C)cc1c4c23.CCCCCCCCc1cc2cc(O[Si](C)(C)C(C)(C)C)cc3c(CCCCCCCC)cc4cc(O[Si](C)(C)C(C)(C)C)cc1c4c23. The quantitative estimate of drug-likeness (QED) is 0.0223. The maximum absolute atomic E-state index is 7.05. The molecule has 0 N–H and O–H groups in total. The number of hydrogen-bond acceptors (Lipinski definition) is 4. The Morgan fingerprint density at radius 1 is 0.229 bits per heavy atom. The van der Waals surface area contributed by atoms with Crippen LogP contribution >= 0.6 is 0 Å². The fraction of sp³-hybridized carbons (Fsp3) is 0.636. The molecule has 8 aromatic rings. The van der Waals surface area contributed by atoms with Gasteiger partial charge in [0.25, 0.3) is 0 Å². The smallest absolute Gasteiger partial charge is 0.250 e. The molecular formula is C88H140O4Si4. The minimum Gasteiger partial charge on any atom is -0.543 e. The van der Waals surface area contributed by atoms with Crippen LogP contribution in [0.4, 0.5) is 0 Å².